The molecular weight excluding hydrogens is 342 g/mol. The highest BCUT2D eigenvalue weighted by Gasteiger charge is 2.29. The molecule has 0 unspecified atom stereocenters. The molecule has 6 nitrogen and oxygen atoms in total. The van der Waals surface area contributed by atoms with Gasteiger partial charge in [0.1, 0.15) is 0 Å². The van der Waals surface area contributed by atoms with E-state index >= 15 is 0 Å². The Bertz CT molecular complexity index is 916. The fourth-order valence-corrected chi connectivity index (χ4v) is 3.43. The Hall–Kier alpha value is -3.28. The highest BCUT2D eigenvalue weighted by molar-refractivity contribution is 5.95. The van der Waals surface area contributed by atoms with Gasteiger partial charge in [-0.05, 0) is 55.3 Å². The van der Waals surface area contributed by atoms with Gasteiger partial charge < -0.3 is 19.2 Å². The van der Waals surface area contributed by atoms with E-state index in [1.807, 2.05) is 53.4 Å². The van der Waals surface area contributed by atoms with E-state index in [4.69, 9.17) is 4.42 Å². The third-order valence-electron chi connectivity index (χ3n) is 4.83. The Balaban J connectivity index is 1.42. The van der Waals surface area contributed by atoms with E-state index in [0.29, 0.717) is 18.8 Å². The van der Waals surface area contributed by atoms with E-state index in [0.717, 1.165) is 24.2 Å². The lowest BCUT2D eigenvalue weighted by Crippen LogP contribution is -2.43. The number of carbonyl (C=O) groups is 2. The van der Waals surface area contributed by atoms with Gasteiger partial charge in [0.25, 0.3) is 5.91 Å². The number of nitrogens with zero attached hydrogens (tertiary/aromatic N) is 2. The van der Waals surface area contributed by atoms with Crippen molar-refractivity contribution >= 4 is 17.5 Å². The summed E-state index contributed by atoms with van der Waals surface area (Å²) in [4.78, 5) is 26.9. The molecule has 1 atom stereocenters. The number of rotatable bonds is 4. The van der Waals surface area contributed by atoms with Crippen molar-refractivity contribution in [2.24, 2.45) is 5.92 Å². The number of likely N-dealkylation sites (tertiary alicyclic amines) is 1. The van der Waals surface area contributed by atoms with Gasteiger partial charge in [0, 0.05) is 36.9 Å². The van der Waals surface area contributed by atoms with Crippen LogP contribution < -0.4 is 5.32 Å². The zero-order valence-electron chi connectivity index (χ0n) is 14.9. The number of amides is 2. The van der Waals surface area contributed by atoms with Gasteiger partial charge in [-0.25, -0.2) is 0 Å². The van der Waals surface area contributed by atoms with Crippen molar-refractivity contribution in [3.05, 3.63) is 72.9 Å². The number of benzene rings is 1. The molecule has 1 saturated heterocycles. The molecule has 27 heavy (non-hydrogen) atoms. The maximum Gasteiger partial charge on any atom is 0.289 e. The van der Waals surface area contributed by atoms with E-state index in [9.17, 15) is 9.59 Å². The minimum absolute atomic E-state index is 0.0587. The first-order valence-electron chi connectivity index (χ1n) is 9.08. The molecule has 1 aromatic carbocycles. The van der Waals surface area contributed by atoms with Crippen LogP contribution in [-0.2, 0) is 4.79 Å². The molecule has 0 saturated carbocycles. The first kappa shape index (κ1) is 17.1. The zero-order chi connectivity index (χ0) is 18.6. The van der Waals surface area contributed by atoms with Crippen molar-refractivity contribution in [3.63, 3.8) is 0 Å². The van der Waals surface area contributed by atoms with Crippen molar-refractivity contribution in [1.82, 2.24) is 9.47 Å². The number of anilines is 1. The molecular formula is C21H21N3O3. The predicted molar refractivity (Wildman–Crippen MR) is 102 cm³/mol. The second-order valence-electron chi connectivity index (χ2n) is 6.70. The van der Waals surface area contributed by atoms with Crippen LogP contribution in [0.25, 0.3) is 5.69 Å². The van der Waals surface area contributed by atoms with Crippen LogP contribution in [0, 0.1) is 5.92 Å². The van der Waals surface area contributed by atoms with Crippen molar-refractivity contribution < 1.29 is 14.0 Å². The van der Waals surface area contributed by atoms with Crippen molar-refractivity contribution in [1.29, 1.82) is 0 Å². The number of hydrogen-bond acceptors (Lipinski definition) is 3. The molecule has 138 valence electrons. The summed E-state index contributed by atoms with van der Waals surface area (Å²) >= 11 is 0. The molecule has 1 fully saturated rings. The van der Waals surface area contributed by atoms with Crippen molar-refractivity contribution in [2.75, 3.05) is 18.4 Å². The second-order valence-corrected chi connectivity index (χ2v) is 6.70. The number of carbonyl (C=O) groups excluding carboxylic acids is 2. The molecule has 0 spiro atoms. The summed E-state index contributed by atoms with van der Waals surface area (Å²) < 4.78 is 7.18. The molecule has 6 heteroatoms. The van der Waals surface area contributed by atoms with Crippen LogP contribution in [-0.4, -0.2) is 34.4 Å². The summed E-state index contributed by atoms with van der Waals surface area (Å²) in [5.41, 5.74) is 1.73. The number of aromatic nitrogens is 1. The van der Waals surface area contributed by atoms with Crippen LogP contribution in [0.4, 0.5) is 5.69 Å². The van der Waals surface area contributed by atoms with E-state index in [-0.39, 0.29) is 17.7 Å². The summed E-state index contributed by atoms with van der Waals surface area (Å²) in [5.74, 6) is -0.132. The first-order valence-corrected chi connectivity index (χ1v) is 9.08. The number of piperidine rings is 1. The Kier molecular flexibility index (Phi) is 4.78. The quantitative estimate of drug-likeness (QED) is 0.771. The van der Waals surface area contributed by atoms with Crippen LogP contribution in [0.2, 0.25) is 0 Å². The molecule has 1 N–H and O–H groups in total. The molecule has 1 aliphatic heterocycles. The maximum atomic E-state index is 12.7. The molecule has 0 radical (unpaired) electrons. The van der Waals surface area contributed by atoms with Crippen LogP contribution in [0.3, 0.4) is 0 Å². The number of furan rings is 1. The first-order chi connectivity index (χ1) is 13.2. The Morgan fingerprint density at radius 1 is 1.07 bits per heavy atom. The van der Waals surface area contributed by atoms with Gasteiger partial charge in [0.05, 0.1) is 12.2 Å². The fraction of sp³-hybridized carbons (Fsp3) is 0.238. The Morgan fingerprint density at radius 3 is 2.70 bits per heavy atom. The minimum atomic E-state index is -0.229. The molecule has 3 aromatic rings. The Labute approximate surface area is 157 Å². The van der Waals surface area contributed by atoms with Gasteiger partial charge in [-0.15, -0.1) is 0 Å². The summed E-state index contributed by atoms with van der Waals surface area (Å²) in [6.45, 7) is 1.05. The lowest BCUT2D eigenvalue weighted by Gasteiger charge is -2.31. The van der Waals surface area contributed by atoms with Gasteiger partial charge in [0.15, 0.2) is 5.76 Å². The lowest BCUT2D eigenvalue weighted by atomic mass is 9.96. The summed E-state index contributed by atoms with van der Waals surface area (Å²) in [7, 11) is 0. The van der Waals surface area contributed by atoms with Gasteiger partial charge >= 0.3 is 0 Å². The van der Waals surface area contributed by atoms with Crippen LogP contribution in [0.5, 0.6) is 0 Å². The fourth-order valence-electron chi connectivity index (χ4n) is 3.43. The van der Waals surface area contributed by atoms with Crippen LogP contribution in [0.1, 0.15) is 23.4 Å². The molecule has 2 aromatic heterocycles. The van der Waals surface area contributed by atoms with Crippen LogP contribution in [0.15, 0.2) is 71.6 Å². The SMILES string of the molecule is O=C(Nc1cccc(-n2cccc2)c1)[C@H]1CCCN(C(=O)c2ccco2)C1. The van der Waals surface area contributed by atoms with E-state index in [2.05, 4.69) is 5.32 Å². The summed E-state index contributed by atoms with van der Waals surface area (Å²) in [6.07, 6.45) is 6.97. The molecule has 0 bridgehead atoms. The average Bonchev–Trinajstić information content (AvgIpc) is 3.42. The second kappa shape index (κ2) is 7.53. The normalized spacial score (nSPS) is 16.9. The summed E-state index contributed by atoms with van der Waals surface area (Å²) in [5, 5.41) is 2.99. The number of hydrogen-bond donors (Lipinski definition) is 1. The molecule has 1 aliphatic rings. The molecule has 3 heterocycles. The van der Waals surface area contributed by atoms with Crippen LogP contribution >= 0.6 is 0 Å². The van der Waals surface area contributed by atoms with E-state index in [1.54, 1.807) is 17.0 Å². The van der Waals surface area contributed by atoms with Gasteiger partial charge in [-0.2, -0.15) is 0 Å². The summed E-state index contributed by atoms with van der Waals surface area (Å²) in [6, 6.07) is 15.0. The van der Waals surface area contributed by atoms with Gasteiger partial charge in [-0.3, -0.25) is 9.59 Å². The topological polar surface area (TPSA) is 67.5 Å². The minimum Gasteiger partial charge on any atom is -0.459 e. The molecule has 0 aliphatic carbocycles. The monoisotopic (exact) mass is 363 g/mol. The largest absolute Gasteiger partial charge is 0.459 e. The Morgan fingerprint density at radius 2 is 1.93 bits per heavy atom. The van der Waals surface area contributed by atoms with Gasteiger partial charge in [0.2, 0.25) is 5.91 Å². The highest BCUT2D eigenvalue weighted by atomic mass is 16.3. The average molecular weight is 363 g/mol. The molecule has 4 rings (SSSR count). The smallest absolute Gasteiger partial charge is 0.289 e. The van der Waals surface area contributed by atoms with Crippen molar-refractivity contribution in [2.45, 2.75) is 12.8 Å². The highest BCUT2D eigenvalue weighted by Crippen LogP contribution is 2.22. The standard InChI is InChI=1S/C21H21N3O3/c25-20(22-17-7-3-8-18(14-17)23-10-1-2-11-23)16-6-4-12-24(15-16)21(26)19-9-5-13-27-19/h1-3,5,7-11,13-14,16H,4,6,12,15H2,(H,22,25)/t16-/m0/s1. The van der Waals surface area contributed by atoms with E-state index in [1.165, 1.54) is 6.26 Å². The predicted octanol–water partition coefficient (Wildman–Crippen LogP) is 3.56. The van der Waals surface area contributed by atoms with Gasteiger partial charge in [-0.1, -0.05) is 6.07 Å². The van der Waals surface area contributed by atoms with E-state index < -0.39 is 0 Å². The lowest BCUT2D eigenvalue weighted by molar-refractivity contribution is -0.121. The maximum absolute atomic E-state index is 12.7. The molecule has 2 amide bonds. The number of nitrogens with one attached hydrogen (secondary N) is 1. The van der Waals surface area contributed by atoms with Crippen molar-refractivity contribution in [3.8, 4) is 5.69 Å². The zero-order valence-corrected chi connectivity index (χ0v) is 14.9. The third-order valence-corrected chi connectivity index (χ3v) is 4.83. The third kappa shape index (κ3) is 3.79.